The van der Waals surface area contributed by atoms with E-state index in [2.05, 4.69) is 9.39 Å². The Bertz CT molecular complexity index is 110. The summed E-state index contributed by atoms with van der Waals surface area (Å²) in [5, 5.41) is 0. The van der Waals surface area contributed by atoms with Crippen molar-refractivity contribution in [3.63, 3.8) is 0 Å². The molecular weight excluding hydrogens is 262 g/mol. The fraction of sp³-hybridized carbons (Fsp3) is 0. The van der Waals surface area contributed by atoms with E-state index < -0.39 is 16.7 Å². The van der Waals surface area contributed by atoms with E-state index in [1.54, 1.807) is 0 Å². The topological polar surface area (TPSA) is 89.6 Å². The van der Waals surface area contributed by atoms with Gasteiger partial charge in [0, 0.05) is 0 Å². The van der Waals surface area contributed by atoms with Crippen LogP contribution in [0.1, 0.15) is 0 Å². The van der Waals surface area contributed by atoms with Crippen LogP contribution in [0.5, 0.6) is 0 Å². The quantitative estimate of drug-likeness (QED) is 0.566. The molecule has 0 saturated carbocycles. The van der Waals surface area contributed by atoms with Crippen LogP contribution in [-0.2, 0) is 27.0 Å². The molecule has 0 aliphatic heterocycles. The molecule has 6 heteroatoms. The Balaban J connectivity index is 3.85. The molecule has 0 unspecified atom stereocenters. The summed E-state index contributed by atoms with van der Waals surface area (Å²) in [4.78, 5) is 0. The Hall–Kier alpha value is 0.168. The van der Waals surface area contributed by atoms with Gasteiger partial charge in [-0.1, -0.05) is 0 Å². The van der Waals surface area contributed by atoms with E-state index in [4.69, 9.17) is 3.76 Å². The number of hydrogen-bond acceptors (Lipinski definition) is 4. The summed E-state index contributed by atoms with van der Waals surface area (Å²) >= 11 is -5.44. The van der Waals surface area contributed by atoms with Gasteiger partial charge >= 0.3 is 36.7 Å². The molecule has 3 N–H and O–H groups in total. The van der Waals surface area contributed by atoms with E-state index in [0.29, 0.717) is 0 Å². The van der Waals surface area contributed by atoms with Crippen LogP contribution in [0.25, 0.3) is 0 Å². The normalized spacial score (nSPS) is 11.7. The summed E-state index contributed by atoms with van der Waals surface area (Å²) in [6.45, 7) is 0. The molecule has 6 heavy (non-hydrogen) atoms. The second kappa shape index (κ2) is 1.75. The van der Waals surface area contributed by atoms with Crippen molar-refractivity contribution in [3.05, 3.63) is 0 Å². The summed E-state index contributed by atoms with van der Waals surface area (Å²) in [5.41, 5.74) is 0. The molecule has 0 aliphatic carbocycles. The average molecular weight is 265 g/mol. The molecule has 0 atom stereocenters. The van der Waals surface area contributed by atoms with Crippen LogP contribution in [0.2, 0.25) is 0 Å². The maximum absolute atomic E-state index is 9.33. The molecule has 0 aliphatic rings. The standard InChI is InChI=1S/H2NO.H2O.2O.W/c1-2;;;;/h1H2;1H2;;;/q-1;;;;+2/p-1. The molecule has 0 saturated heterocycles. The molecule has 0 heterocycles. The van der Waals surface area contributed by atoms with Gasteiger partial charge in [0.05, 0.1) is 0 Å². The van der Waals surface area contributed by atoms with Gasteiger partial charge in [-0.2, -0.15) is 0 Å². The first-order chi connectivity index (χ1) is 2.56. The van der Waals surface area contributed by atoms with Gasteiger partial charge in [0.15, 0.2) is 0 Å². The molecule has 0 aromatic rings. The Morgan fingerprint density at radius 2 is 1.83 bits per heavy atom. The zero-order chi connectivity index (χ0) is 5.21. The number of rotatable bonds is 1. The van der Waals surface area contributed by atoms with E-state index >= 15 is 0 Å². The van der Waals surface area contributed by atoms with Crippen LogP contribution in [0.15, 0.2) is 0 Å². The SMILES string of the molecule is N[O][W](=[O])(=[O])[OH]. The summed E-state index contributed by atoms with van der Waals surface area (Å²) < 4.78 is 29.3. The molecule has 0 radical (unpaired) electrons. The van der Waals surface area contributed by atoms with Crippen molar-refractivity contribution in [1.29, 1.82) is 0 Å². The van der Waals surface area contributed by atoms with Gasteiger partial charge < -0.3 is 0 Å². The average Bonchev–Trinajstić information content (AvgIpc) is 1.35. The van der Waals surface area contributed by atoms with Gasteiger partial charge in [-0.25, -0.2) is 0 Å². The third kappa shape index (κ3) is 4.17. The Morgan fingerprint density at radius 1 is 1.67 bits per heavy atom. The molecule has 0 bridgehead atoms. The first-order valence-electron chi connectivity index (χ1n) is 0.918. The summed E-state index contributed by atoms with van der Waals surface area (Å²) in [6.07, 6.45) is 0. The summed E-state index contributed by atoms with van der Waals surface area (Å²) in [5.74, 6) is 4.02. The Labute approximate surface area is 37.4 Å². The van der Waals surface area contributed by atoms with Gasteiger partial charge in [-0.3, -0.25) is 0 Å². The van der Waals surface area contributed by atoms with Crippen molar-refractivity contribution < 1.29 is 30.8 Å². The van der Waals surface area contributed by atoms with Crippen LogP contribution in [0.4, 0.5) is 0 Å². The third-order valence-corrected chi connectivity index (χ3v) is 0.995. The van der Waals surface area contributed by atoms with Gasteiger partial charge in [0.1, 0.15) is 0 Å². The molecule has 5 nitrogen and oxygen atoms in total. The van der Waals surface area contributed by atoms with E-state index in [-0.39, 0.29) is 0 Å². The molecule has 0 spiro atoms. The zero-order valence-corrected chi connectivity index (χ0v) is 5.59. The van der Waals surface area contributed by atoms with Gasteiger partial charge in [0.2, 0.25) is 0 Å². The summed E-state index contributed by atoms with van der Waals surface area (Å²) in [7, 11) is 0. The second-order valence-corrected chi connectivity index (χ2v) is 4.29. The molecule has 0 rings (SSSR count). The molecule has 0 aromatic heterocycles. The van der Waals surface area contributed by atoms with Crippen LogP contribution in [0.3, 0.4) is 0 Å². The van der Waals surface area contributed by atoms with Crippen molar-refractivity contribution in [2.45, 2.75) is 0 Å². The predicted octanol–water partition coefficient (Wildman–Crippen LogP) is -1.46. The minimum absolute atomic E-state index is 3.09. The molecule has 0 amide bonds. The van der Waals surface area contributed by atoms with Crippen molar-refractivity contribution in [1.82, 2.24) is 0 Å². The van der Waals surface area contributed by atoms with E-state index in [1.165, 1.54) is 0 Å². The number of hydrogen-bond donors (Lipinski definition) is 2. The van der Waals surface area contributed by atoms with Crippen LogP contribution >= 0.6 is 0 Å². The van der Waals surface area contributed by atoms with E-state index in [0.717, 1.165) is 0 Å². The number of nitrogens with two attached hydrogens (primary N) is 1. The van der Waals surface area contributed by atoms with Crippen molar-refractivity contribution in [2.24, 2.45) is 5.90 Å². The van der Waals surface area contributed by atoms with Crippen LogP contribution < -0.4 is 5.90 Å². The van der Waals surface area contributed by atoms with Gasteiger partial charge in [0.25, 0.3) is 0 Å². The monoisotopic (exact) mass is 265 g/mol. The fourth-order valence-corrected chi connectivity index (χ4v) is 0. The third-order valence-electron chi connectivity index (χ3n) is 0.122. The second-order valence-electron chi connectivity index (χ2n) is 0.524. The van der Waals surface area contributed by atoms with Crippen LogP contribution in [0, 0.1) is 0 Å². The molecule has 0 aromatic carbocycles. The van der Waals surface area contributed by atoms with Crippen LogP contribution in [-0.4, -0.2) is 3.76 Å². The first-order valence-corrected chi connectivity index (χ1v) is 5.82. The maximum atomic E-state index is 9.33. The molecule has 38 valence electrons. The predicted molar refractivity (Wildman–Crippen MR) is 8.86 cm³/mol. The first kappa shape index (κ1) is 6.17. The summed E-state index contributed by atoms with van der Waals surface area (Å²) in [6, 6.07) is 0. The van der Waals surface area contributed by atoms with Gasteiger partial charge in [-0.15, -0.1) is 0 Å². The Kier molecular flexibility index (Phi) is 1.80. The van der Waals surface area contributed by atoms with Crippen molar-refractivity contribution in [2.75, 3.05) is 0 Å². The van der Waals surface area contributed by atoms with Crippen molar-refractivity contribution in [3.8, 4) is 0 Å². The molecule has 0 fully saturated rings. The van der Waals surface area contributed by atoms with Crippen molar-refractivity contribution >= 4 is 0 Å². The minimum atomic E-state index is -5.44. The molecular formula is H3NO4W. The fourth-order valence-electron chi connectivity index (χ4n) is 0. The Morgan fingerprint density at radius 3 is 1.83 bits per heavy atom. The van der Waals surface area contributed by atoms with E-state index in [1.807, 2.05) is 0 Å². The van der Waals surface area contributed by atoms with E-state index in [9.17, 15) is 6.80 Å². The zero-order valence-electron chi connectivity index (χ0n) is 2.66. The van der Waals surface area contributed by atoms with Gasteiger partial charge in [-0.05, 0) is 0 Å².